The van der Waals surface area contributed by atoms with E-state index in [2.05, 4.69) is 4.72 Å². The largest absolute Gasteiger partial charge is 0.338 e. The van der Waals surface area contributed by atoms with Crippen LogP contribution in [0.4, 0.5) is 0 Å². The summed E-state index contributed by atoms with van der Waals surface area (Å²) in [6.45, 7) is 0.628. The van der Waals surface area contributed by atoms with Crippen LogP contribution in [0.15, 0.2) is 23.1 Å². The van der Waals surface area contributed by atoms with Gasteiger partial charge in [-0.25, -0.2) is 13.1 Å². The number of benzene rings is 1. The van der Waals surface area contributed by atoms with E-state index in [1.165, 1.54) is 37.7 Å². The van der Waals surface area contributed by atoms with Crippen LogP contribution in [0, 0.1) is 5.92 Å². The average Bonchev–Trinajstić information content (AvgIpc) is 2.71. The van der Waals surface area contributed by atoms with Crippen molar-refractivity contribution in [2.24, 2.45) is 5.92 Å². The summed E-state index contributed by atoms with van der Waals surface area (Å²) in [4.78, 5) is 15.0. The van der Waals surface area contributed by atoms with Gasteiger partial charge in [0.15, 0.2) is 0 Å². The molecule has 1 aromatic rings. The van der Waals surface area contributed by atoms with Crippen LogP contribution < -0.4 is 4.72 Å². The quantitative estimate of drug-likeness (QED) is 0.859. The Morgan fingerprint density at radius 3 is 2.59 bits per heavy atom. The zero-order valence-electron chi connectivity index (χ0n) is 16.0. The Kier molecular flexibility index (Phi) is 5.55. The molecule has 4 rings (SSSR count). The van der Waals surface area contributed by atoms with Crippen LogP contribution in [0.25, 0.3) is 0 Å². The van der Waals surface area contributed by atoms with Crippen LogP contribution in [0.3, 0.4) is 0 Å². The maximum atomic E-state index is 12.8. The van der Waals surface area contributed by atoms with Gasteiger partial charge in [-0.05, 0) is 80.5 Å². The van der Waals surface area contributed by atoms with E-state index in [9.17, 15) is 13.2 Å². The minimum atomic E-state index is -3.65. The molecule has 27 heavy (non-hydrogen) atoms. The molecule has 1 saturated carbocycles. The molecule has 0 spiro atoms. The lowest BCUT2D eigenvalue weighted by Crippen LogP contribution is -2.52. The predicted molar refractivity (Wildman–Crippen MR) is 105 cm³/mol. The number of hydrogen-bond donors (Lipinski definition) is 1. The molecule has 2 atom stereocenters. The molecule has 3 aliphatic rings. The van der Waals surface area contributed by atoms with E-state index in [0.717, 1.165) is 44.2 Å². The van der Waals surface area contributed by atoms with Crippen molar-refractivity contribution in [3.8, 4) is 0 Å². The van der Waals surface area contributed by atoms with E-state index in [0.29, 0.717) is 12.0 Å². The summed E-state index contributed by atoms with van der Waals surface area (Å²) < 4.78 is 28.0. The van der Waals surface area contributed by atoms with Gasteiger partial charge < -0.3 is 4.90 Å². The third-order valence-electron chi connectivity index (χ3n) is 6.61. The van der Waals surface area contributed by atoms with Gasteiger partial charge in [0.05, 0.1) is 11.4 Å². The Hall–Kier alpha value is -1.40. The van der Waals surface area contributed by atoms with Crippen molar-refractivity contribution in [2.45, 2.75) is 75.1 Å². The van der Waals surface area contributed by atoms with E-state index in [4.69, 9.17) is 0 Å². The molecular formula is C21H30N2O3S. The van der Waals surface area contributed by atoms with Crippen LogP contribution >= 0.6 is 0 Å². The second-order valence-electron chi connectivity index (χ2n) is 8.30. The van der Waals surface area contributed by atoms with Crippen LogP contribution in [0.5, 0.6) is 0 Å². The van der Waals surface area contributed by atoms with Crippen molar-refractivity contribution < 1.29 is 13.2 Å². The molecule has 0 bridgehead atoms. The number of carbonyl (C=O) groups is 1. The number of likely N-dealkylation sites (tertiary alicyclic amines) is 1. The van der Waals surface area contributed by atoms with Crippen molar-refractivity contribution in [3.63, 3.8) is 0 Å². The van der Waals surface area contributed by atoms with E-state index in [-0.39, 0.29) is 17.3 Å². The minimum absolute atomic E-state index is 0.0758. The highest BCUT2D eigenvalue weighted by Crippen LogP contribution is 2.35. The van der Waals surface area contributed by atoms with E-state index >= 15 is 0 Å². The number of aryl methyl sites for hydroxylation is 2. The van der Waals surface area contributed by atoms with Gasteiger partial charge >= 0.3 is 0 Å². The number of nitrogens with zero attached hydrogens (tertiary/aromatic N) is 1. The fraction of sp³-hybridized carbons (Fsp3) is 0.667. The molecule has 0 unspecified atom stereocenters. The molecule has 0 radical (unpaired) electrons. The summed E-state index contributed by atoms with van der Waals surface area (Å²) in [6, 6.07) is 5.71. The number of hydrogen-bond acceptors (Lipinski definition) is 3. The van der Waals surface area contributed by atoms with Crippen molar-refractivity contribution in [3.05, 3.63) is 29.3 Å². The van der Waals surface area contributed by atoms with Gasteiger partial charge in [-0.2, -0.15) is 0 Å². The smallest absolute Gasteiger partial charge is 0.241 e. The molecule has 6 heteroatoms. The Balaban J connectivity index is 1.42. The van der Waals surface area contributed by atoms with Crippen LogP contribution in [0.2, 0.25) is 0 Å². The van der Waals surface area contributed by atoms with Gasteiger partial charge in [-0.3, -0.25) is 4.79 Å². The predicted octanol–water partition coefficient (Wildman–Crippen LogP) is 3.02. The number of amides is 1. The normalized spacial score (nSPS) is 25.6. The van der Waals surface area contributed by atoms with Crippen LogP contribution in [-0.4, -0.2) is 38.4 Å². The molecule has 1 aromatic carbocycles. The van der Waals surface area contributed by atoms with Crippen LogP contribution in [-0.2, 0) is 27.7 Å². The van der Waals surface area contributed by atoms with Gasteiger partial charge in [0.1, 0.15) is 0 Å². The third kappa shape index (κ3) is 4.06. The highest BCUT2D eigenvalue weighted by Gasteiger charge is 2.35. The topological polar surface area (TPSA) is 66.5 Å². The average molecular weight is 391 g/mol. The van der Waals surface area contributed by atoms with Crippen molar-refractivity contribution in [1.82, 2.24) is 9.62 Å². The van der Waals surface area contributed by atoms with E-state index in [1.807, 2.05) is 11.0 Å². The number of rotatable bonds is 4. The number of fused-ring (bicyclic) bond motifs is 2. The Morgan fingerprint density at radius 1 is 1.00 bits per heavy atom. The first-order valence-corrected chi connectivity index (χ1v) is 11.9. The number of sulfonamides is 1. The van der Waals surface area contributed by atoms with Crippen molar-refractivity contribution in [2.75, 3.05) is 13.1 Å². The van der Waals surface area contributed by atoms with Gasteiger partial charge in [-0.15, -0.1) is 0 Å². The number of carbonyl (C=O) groups excluding carboxylic acids is 1. The van der Waals surface area contributed by atoms with Gasteiger partial charge in [0.25, 0.3) is 0 Å². The fourth-order valence-corrected chi connectivity index (χ4v) is 6.18. The first-order valence-electron chi connectivity index (χ1n) is 10.5. The molecule has 1 aliphatic heterocycles. The standard InChI is InChI=1S/C21H30N2O3S/c24-21(23-13-5-9-17-7-3-4-10-20(17)23)15-22-27(25,26)19-12-11-16-6-1-2-8-18(16)14-19/h11-12,14,17,20,22H,1-10,13,15H2/t17-,20-/m1/s1. The lowest BCUT2D eigenvalue weighted by atomic mass is 9.78. The number of nitrogens with one attached hydrogen (secondary N) is 1. The SMILES string of the molecule is O=C(CNS(=O)(=O)c1ccc2c(c1)CCCC2)N1CCC[C@H]2CCCC[C@H]21. The molecule has 1 amide bonds. The van der Waals surface area contributed by atoms with Gasteiger partial charge in [0, 0.05) is 12.6 Å². The zero-order chi connectivity index (χ0) is 18.9. The monoisotopic (exact) mass is 390 g/mol. The molecule has 148 valence electrons. The van der Waals surface area contributed by atoms with E-state index < -0.39 is 10.0 Å². The Labute approximate surface area is 162 Å². The lowest BCUT2D eigenvalue weighted by molar-refractivity contribution is -0.136. The first kappa shape index (κ1) is 18.9. The molecule has 2 aliphatic carbocycles. The highest BCUT2D eigenvalue weighted by molar-refractivity contribution is 7.89. The molecule has 1 saturated heterocycles. The van der Waals surface area contributed by atoms with Crippen molar-refractivity contribution in [1.29, 1.82) is 0 Å². The summed E-state index contributed by atoms with van der Waals surface area (Å²) in [6.07, 6.45) is 11.2. The molecule has 2 fully saturated rings. The van der Waals surface area contributed by atoms with Crippen molar-refractivity contribution >= 4 is 15.9 Å². The molecule has 0 aromatic heterocycles. The zero-order valence-corrected chi connectivity index (χ0v) is 16.8. The van der Waals surface area contributed by atoms with Gasteiger partial charge in [-0.1, -0.05) is 18.9 Å². The van der Waals surface area contributed by atoms with Gasteiger partial charge in [0.2, 0.25) is 15.9 Å². The maximum Gasteiger partial charge on any atom is 0.241 e. The summed E-state index contributed by atoms with van der Waals surface area (Å²) in [5.74, 6) is 0.529. The maximum absolute atomic E-state index is 12.8. The minimum Gasteiger partial charge on any atom is -0.338 e. The lowest BCUT2D eigenvalue weighted by Gasteiger charge is -2.44. The summed E-state index contributed by atoms with van der Waals surface area (Å²) >= 11 is 0. The molecule has 5 nitrogen and oxygen atoms in total. The summed E-state index contributed by atoms with van der Waals surface area (Å²) in [7, 11) is -3.65. The molecule has 1 N–H and O–H groups in total. The summed E-state index contributed by atoms with van der Waals surface area (Å²) in [5.41, 5.74) is 2.39. The number of piperidine rings is 1. The molecule has 1 heterocycles. The third-order valence-corrected chi connectivity index (χ3v) is 8.01. The Morgan fingerprint density at radius 2 is 1.74 bits per heavy atom. The first-order chi connectivity index (χ1) is 13.0. The summed E-state index contributed by atoms with van der Waals surface area (Å²) in [5, 5.41) is 0. The molecular weight excluding hydrogens is 360 g/mol. The second-order valence-corrected chi connectivity index (χ2v) is 10.1. The Bertz CT molecular complexity index is 804. The highest BCUT2D eigenvalue weighted by atomic mass is 32.2. The fourth-order valence-electron chi connectivity index (χ4n) is 5.15. The van der Waals surface area contributed by atoms with E-state index in [1.54, 1.807) is 12.1 Å². The second kappa shape index (κ2) is 7.92. The van der Waals surface area contributed by atoms with Crippen LogP contribution in [0.1, 0.15) is 62.5 Å².